The highest BCUT2D eigenvalue weighted by Gasteiger charge is 2.18. The molecule has 1 N–H and O–H groups in total. The number of carbonyl (C=O) groups excluding carboxylic acids is 1. The maximum atomic E-state index is 12.6. The lowest BCUT2D eigenvalue weighted by molar-refractivity contribution is 0.0755. The maximum Gasteiger partial charge on any atom is 0.274 e. The van der Waals surface area contributed by atoms with Gasteiger partial charge in [0.2, 0.25) is 0 Å². The van der Waals surface area contributed by atoms with Crippen LogP contribution in [-0.4, -0.2) is 48.1 Å². The molecule has 3 rings (SSSR count). The molecule has 7 nitrogen and oxygen atoms in total. The van der Waals surface area contributed by atoms with Gasteiger partial charge in [-0.1, -0.05) is 12.8 Å². The van der Waals surface area contributed by atoms with Gasteiger partial charge in [-0.2, -0.15) is 0 Å². The molecule has 0 saturated carbocycles. The SMILES string of the molecule is COc1ccc(Nc2cnc(C(=O)N3CCCCCC3)cn2)c(OC)c1. The van der Waals surface area contributed by atoms with E-state index in [1.807, 2.05) is 17.0 Å². The molecule has 0 atom stereocenters. The number of aromatic nitrogens is 2. The number of carbonyl (C=O) groups is 1. The first kappa shape index (κ1) is 18.0. The van der Waals surface area contributed by atoms with Gasteiger partial charge in [-0.15, -0.1) is 0 Å². The summed E-state index contributed by atoms with van der Waals surface area (Å²) < 4.78 is 10.6. The van der Waals surface area contributed by atoms with E-state index in [0.717, 1.165) is 31.6 Å². The number of amides is 1. The second-order valence-electron chi connectivity index (χ2n) is 6.18. The van der Waals surface area contributed by atoms with Gasteiger partial charge in [-0.05, 0) is 25.0 Å². The minimum absolute atomic E-state index is 0.0482. The number of hydrogen-bond acceptors (Lipinski definition) is 6. The van der Waals surface area contributed by atoms with Gasteiger partial charge in [0.05, 0.1) is 32.3 Å². The average molecular weight is 356 g/mol. The number of likely N-dealkylation sites (tertiary alicyclic amines) is 1. The van der Waals surface area contributed by atoms with Crippen LogP contribution in [0.4, 0.5) is 11.5 Å². The predicted octanol–water partition coefficient (Wildman–Crippen LogP) is 3.25. The van der Waals surface area contributed by atoms with Crippen LogP contribution >= 0.6 is 0 Å². The summed E-state index contributed by atoms with van der Waals surface area (Å²) in [7, 11) is 3.20. The van der Waals surface area contributed by atoms with Crippen molar-refractivity contribution in [2.24, 2.45) is 0 Å². The molecule has 0 spiro atoms. The molecule has 2 heterocycles. The molecule has 0 bridgehead atoms. The fraction of sp³-hybridized carbons (Fsp3) is 0.421. The van der Waals surface area contributed by atoms with Crippen LogP contribution in [0.2, 0.25) is 0 Å². The van der Waals surface area contributed by atoms with E-state index in [1.54, 1.807) is 26.5 Å². The molecule has 1 aromatic carbocycles. The first-order valence-corrected chi connectivity index (χ1v) is 8.81. The first-order valence-electron chi connectivity index (χ1n) is 8.81. The van der Waals surface area contributed by atoms with Crippen LogP contribution in [0, 0.1) is 0 Å². The minimum Gasteiger partial charge on any atom is -0.497 e. The van der Waals surface area contributed by atoms with Crippen molar-refractivity contribution >= 4 is 17.4 Å². The number of ether oxygens (including phenoxy) is 2. The Labute approximate surface area is 153 Å². The summed E-state index contributed by atoms with van der Waals surface area (Å²) in [6.45, 7) is 1.59. The van der Waals surface area contributed by atoms with Crippen molar-refractivity contribution in [3.63, 3.8) is 0 Å². The average Bonchev–Trinajstić information content (AvgIpc) is 2.98. The number of nitrogens with one attached hydrogen (secondary N) is 1. The summed E-state index contributed by atoms with van der Waals surface area (Å²) in [5.74, 6) is 1.83. The zero-order valence-electron chi connectivity index (χ0n) is 15.2. The molecule has 1 aromatic heterocycles. The smallest absolute Gasteiger partial charge is 0.274 e. The molecule has 1 amide bonds. The molecular formula is C19H24N4O3. The highest BCUT2D eigenvalue weighted by molar-refractivity contribution is 5.92. The van der Waals surface area contributed by atoms with E-state index in [-0.39, 0.29) is 5.91 Å². The molecule has 0 unspecified atom stereocenters. The van der Waals surface area contributed by atoms with Crippen molar-refractivity contribution in [2.45, 2.75) is 25.7 Å². The molecule has 0 aliphatic carbocycles. The number of methoxy groups -OCH3 is 2. The number of anilines is 2. The van der Waals surface area contributed by atoms with Crippen LogP contribution in [0.5, 0.6) is 11.5 Å². The zero-order chi connectivity index (χ0) is 18.4. The Bertz CT molecular complexity index is 741. The van der Waals surface area contributed by atoms with Crippen molar-refractivity contribution in [2.75, 3.05) is 32.6 Å². The quantitative estimate of drug-likeness (QED) is 0.886. The van der Waals surface area contributed by atoms with Crippen LogP contribution < -0.4 is 14.8 Å². The standard InChI is InChI=1S/C19H24N4O3/c1-25-14-7-8-15(17(11-14)26-2)22-18-13-20-16(12-21-18)19(24)23-9-5-3-4-6-10-23/h7-8,11-13H,3-6,9-10H2,1-2H3,(H,21,22). The van der Waals surface area contributed by atoms with E-state index in [4.69, 9.17) is 9.47 Å². The number of rotatable bonds is 5. The van der Waals surface area contributed by atoms with Gasteiger partial charge < -0.3 is 19.7 Å². The second kappa shape index (κ2) is 8.51. The highest BCUT2D eigenvalue weighted by Crippen LogP contribution is 2.30. The Kier molecular flexibility index (Phi) is 5.88. The zero-order valence-corrected chi connectivity index (χ0v) is 15.2. The molecule has 26 heavy (non-hydrogen) atoms. The molecule has 1 fully saturated rings. The molecule has 1 aliphatic heterocycles. The summed E-state index contributed by atoms with van der Waals surface area (Å²) in [4.78, 5) is 23.0. The van der Waals surface area contributed by atoms with Gasteiger partial charge >= 0.3 is 0 Å². The third-order valence-corrected chi connectivity index (χ3v) is 4.44. The van der Waals surface area contributed by atoms with E-state index in [9.17, 15) is 4.79 Å². The fourth-order valence-corrected chi connectivity index (χ4v) is 2.98. The van der Waals surface area contributed by atoms with Crippen LogP contribution in [0.25, 0.3) is 0 Å². The summed E-state index contributed by atoms with van der Waals surface area (Å²) in [6, 6.07) is 5.46. The lowest BCUT2D eigenvalue weighted by atomic mass is 10.2. The van der Waals surface area contributed by atoms with Crippen LogP contribution in [0.1, 0.15) is 36.2 Å². The van der Waals surface area contributed by atoms with Crippen molar-refractivity contribution in [3.05, 3.63) is 36.3 Å². The Morgan fingerprint density at radius 2 is 1.81 bits per heavy atom. The van der Waals surface area contributed by atoms with Crippen LogP contribution in [0.15, 0.2) is 30.6 Å². The van der Waals surface area contributed by atoms with Gasteiger partial charge in [0, 0.05) is 19.2 Å². The molecule has 1 saturated heterocycles. The predicted molar refractivity (Wildman–Crippen MR) is 99.2 cm³/mol. The Morgan fingerprint density at radius 3 is 2.42 bits per heavy atom. The van der Waals surface area contributed by atoms with Crippen molar-refractivity contribution < 1.29 is 14.3 Å². The lowest BCUT2D eigenvalue weighted by Gasteiger charge is -2.19. The maximum absolute atomic E-state index is 12.6. The lowest BCUT2D eigenvalue weighted by Crippen LogP contribution is -2.32. The van der Waals surface area contributed by atoms with E-state index >= 15 is 0 Å². The van der Waals surface area contributed by atoms with Gasteiger partial charge in [0.1, 0.15) is 23.0 Å². The number of benzene rings is 1. The summed E-state index contributed by atoms with van der Waals surface area (Å²) in [6.07, 6.45) is 7.55. The monoisotopic (exact) mass is 356 g/mol. The summed E-state index contributed by atoms with van der Waals surface area (Å²) >= 11 is 0. The van der Waals surface area contributed by atoms with Crippen molar-refractivity contribution in [1.29, 1.82) is 0 Å². The molecular weight excluding hydrogens is 332 g/mol. The first-order chi connectivity index (χ1) is 12.7. The van der Waals surface area contributed by atoms with Crippen molar-refractivity contribution in [1.82, 2.24) is 14.9 Å². The molecule has 7 heteroatoms. The van der Waals surface area contributed by atoms with E-state index in [0.29, 0.717) is 23.0 Å². The van der Waals surface area contributed by atoms with Crippen LogP contribution in [-0.2, 0) is 0 Å². The second-order valence-corrected chi connectivity index (χ2v) is 6.18. The van der Waals surface area contributed by atoms with Gasteiger partial charge in [-0.3, -0.25) is 4.79 Å². The van der Waals surface area contributed by atoms with Gasteiger partial charge in [0.15, 0.2) is 0 Å². The Balaban J connectivity index is 1.70. The molecule has 1 aliphatic rings. The Morgan fingerprint density at radius 1 is 1.04 bits per heavy atom. The third kappa shape index (κ3) is 4.22. The normalized spacial score (nSPS) is 14.5. The molecule has 0 radical (unpaired) electrons. The number of nitrogens with zero attached hydrogens (tertiary/aromatic N) is 3. The fourth-order valence-electron chi connectivity index (χ4n) is 2.98. The molecule has 2 aromatic rings. The summed E-state index contributed by atoms with van der Waals surface area (Å²) in [5.41, 5.74) is 1.12. The van der Waals surface area contributed by atoms with E-state index in [2.05, 4.69) is 15.3 Å². The van der Waals surface area contributed by atoms with Gasteiger partial charge in [-0.25, -0.2) is 9.97 Å². The van der Waals surface area contributed by atoms with Gasteiger partial charge in [0.25, 0.3) is 5.91 Å². The molecule has 138 valence electrons. The van der Waals surface area contributed by atoms with Crippen LogP contribution in [0.3, 0.4) is 0 Å². The largest absolute Gasteiger partial charge is 0.497 e. The third-order valence-electron chi connectivity index (χ3n) is 4.44. The summed E-state index contributed by atoms with van der Waals surface area (Å²) in [5, 5.41) is 3.15. The highest BCUT2D eigenvalue weighted by atomic mass is 16.5. The topological polar surface area (TPSA) is 76.6 Å². The minimum atomic E-state index is -0.0482. The Hall–Kier alpha value is -2.83. The van der Waals surface area contributed by atoms with E-state index < -0.39 is 0 Å². The van der Waals surface area contributed by atoms with E-state index in [1.165, 1.54) is 19.0 Å². The number of hydrogen-bond donors (Lipinski definition) is 1. The van der Waals surface area contributed by atoms with Crippen molar-refractivity contribution in [3.8, 4) is 11.5 Å².